The van der Waals surface area contributed by atoms with E-state index in [4.69, 9.17) is 0 Å². The van der Waals surface area contributed by atoms with Crippen molar-refractivity contribution in [2.45, 2.75) is 31.4 Å². The van der Waals surface area contributed by atoms with E-state index >= 15 is 0 Å². The number of nitrogens with zero attached hydrogens (tertiary/aromatic N) is 2. The van der Waals surface area contributed by atoms with Crippen LogP contribution in [0.25, 0.3) is 0 Å². The Hall–Kier alpha value is -0.710. The van der Waals surface area contributed by atoms with Gasteiger partial charge in [0, 0.05) is 27.2 Å². The van der Waals surface area contributed by atoms with Gasteiger partial charge in [0.2, 0.25) is 11.8 Å². The molecule has 98 valence electrons. The van der Waals surface area contributed by atoms with E-state index in [2.05, 4.69) is 6.92 Å². The van der Waals surface area contributed by atoms with E-state index in [1.165, 1.54) is 11.8 Å². The van der Waals surface area contributed by atoms with E-state index < -0.39 is 0 Å². The second-order valence-electron chi connectivity index (χ2n) is 4.52. The van der Waals surface area contributed by atoms with Crippen molar-refractivity contribution in [3.8, 4) is 0 Å². The van der Waals surface area contributed by atoms with Gasteiger partial charge >= 0.3 is 0 Å². The van der Waals surface area contributed by atoms with Crippen LogP contribution in [0.1, 0.15) is 26.2 Å². The van der Waals surface area contributed by atoms with Crippen LogP contribution in [-0.4, -0.2) is 59.8 Å². The summed E-state index contributed by atoms with van der Waals surface area (Å²) in [7, 11) is 3.65. The normalized spacial score (nSPS) is 19.8. The van der Waals surface area contributed by atoms with E-state index in [0.29, 0.717) is 5.75 Å². The van der Waals surface area contributed by atoms with Gasteiger partial charge < -0.3 is 9.80 Å². The molecule has 4 nitrogen and oxygen atoms in total. The number of unbranched alkanes of at least 4 members (excludes halogenated alkanes) is 1. The standard InChI is InChI=1S/C12H22N2O2S/c1-4-5-7-13(2)11(15)9-17-10-6-8-14(3)12(10)16/h10H,4-9H2,1-3H3. The fourth-order valence-electron chi connectivity index (χ4n) is 1.75. The Kier molecular flexibility index (Phi) is 5.82. The summed E-state index contributed by atoms with van der Waals surface area (Å²) in [5, 5.41) is -0.0106. The summed E-state index contributed by atoms with van der Waals surface area (Å²) >= 11 is 1.48. The van der Waals surface area contributed by atoms with Crippen LogP contribution >= 0.6 is 11.8 Å². The third-order valence-corrected chi connectivity index (χ3v) is 4.31. The molecule has 0 spiro atoms. The number of hydrogen-bond acceptors (Lipinski definition) is 3. The number of amides is 2. The van der Waals surface area contributed by atoms with Crippen LogP contribution in [0.4, 0.5) is 0 Å². The summed E-state index contributed by atoms with van der Waals surface area (Å²) in [6.45, 7) is 3.74. The van der Waals surface area contributed by atoms with Crippen molar-refractivity contribution < 1.29 is 9.59 Å². The van der Waals surface area contributed by atoms with Gasteiger partial charge in [-0.1, -0.05) is 13.3 Å². The molecule has 1 unspecified atom stereocenters. The fraction of sp³-hybridized carbons (Fsp3) is 0.833. The van der Waals surface area contributed by atoms with Crippen molar-refractivity contribution in [1.29, 1.82) is 0 Å². The van der Waals surface area contributed by atoms with Crippen molar-refractivity contribution in [2.75, 3.05) is 32.9 Å². The monoisotopic (exact) mass is 258 g/mol. The van der Waals surface area contributed by atoms with Crippen LogP contribution in [0.3, 0.4) is 0 Å². The third kappa shape index (κ3) is 4.22. The molecule has 1 fully saturated rings. The fourth-order valence-corrected chi connectivity index (χ4v) is 2.91. The molecule has 17 heavy (non-hydrogen) atoms. The number of thioether (sulfide) groups is 1. The first-order valence-corrected chi connectivity index (χ1v) is 7.21. The number of hydrogen-bond donors (Lipinski definition) is 0. The zero-order chi connectivity index (χ0) is 12.8. The SMILES string of the molecule is CCCCN(C)C(=O)CSC1CCN(C)C1=O. The van der Waals surface area contributed by atoms with Crippen molar-refractivity contribution in [3.05, 3.63) is 0 Å². The average Bonchev–Trinajstić information content (AvgIpc) is 2.64. The van der Waals surface area contributed by atoms with Gasteiger partial charge in [-0.25, -0.2) is 0 Å². The highest BCUT2D eigenvalue weighted by Gasteiger charge is 2.29. The average molecular weight is 258 g/mol. The molecule has 1 atom stereocenters. The maximum atomic E-state index is 11.8. The number of likely N-dealkylation sites (tertiary alicyclic amines) is 1. The highest BCUT2D eigenvalue weighted by molar-refractivity contribution is 8.01. The second-order valence-corrected chi connectivity index (χ2v) is 5.71. The van der Waals surface area contributed by atoms with Gasteiger partial charge in [0.1, 0.15) is 0 Å². The zero-order valence-corrected chi connectivity index (χ0v) is 11.8. The van der Waals surface area contributed by atoms with Gasteiger partial charge in [0.15, 0.2) is 0 Å². The Bertz CT molecular complexity index is 284. The minimum atomic E-state index is -0.0106. The largest absolute Gasteiger partial charge is 0.345 e. The van der Waals surface area contributed by atoms with Gasteiger partial charge in [0.25, 0.3) is 0 Å². The number of rotatable bonds is 6. The number of carbonyl (C=O) groups is 2. The molecular formula is C12H22N2O2S. The van der Waals surface area contributed by atoms with Gasteiger partial charge in [-0.3, -0.25) is 9.59 Å². The first kappa shape index (κ1) is 14.4. The van der Waals surface area contributed by atoms with Crippen molar-refractivity contribution >= 4 is 23.6 Å². The Morgan fingerprint density at radius 2 is 2.29 bits per heavy atom. The maximum Gasteiger partial charge on any atom is 0.235 e. The molecule has 1 rings (SSSR count). The maximum absolute atomic E-state index is 11.8. The predicted molar refractivity (Wildman–Crippen MR) is 71.0 cm³/mol. The Morgan fingerprint density at radius 1 is 1.59 bits per heavy atom. The number of carbonyl (C=O) groups excluding carboxylic acids is 2. The summed E-state index contributed by atoms with van der Waals surface area (Å²) in [6.07, 6.45) is 3.00. The molecule has 1 heterocycles. The lowest BCUT2D eigenvalue weighted by Gasteiger charge is -2.17. The molecule has 0 aliphatic carbocycles. The van der Waals surface area contributed by atoms with E-state index in [9.17, 15) is 9.59 Å². The molecule has 0 bridgehead atoms. The lowest BCUT2D eigenvalue weighted by Crippen LogP contribution is -2.31. The van der Waals surface area contributed by atoms with E-state index in [1.807, 2.05) is 14.1 Å². The van der Waals surface area contributed by atoms with Crippen LogP contribution < -0.4 is 0 Å². The molecule has 0 aromatic carbocycles. The molecule has 1 aliphatic heterocycles. The van der Waals surface area contributed by atoms with Crippen LogP contribution in [0.2, 0.25) is 0 Å². The summed E-state index contributed by atoms with van der Waals surface area (Å²) in [4.78, 5) is 26.9. The summed E-state index contributed by atoms with van der Waals surface area (Å²) < 4.78 is 0. The lowest BCUT2D eigenvalue weighted by atomic mass is 10.3. The van der Waals surface area contributed by atoms with Gasteiger partial charge in [-0.15, -0.1) is 11.8 Å². The van der Waals surface area contributed by atoms with E-state index in [0.717, 1.165) is 32.4 Å². The van der Waals surface area contributed by atoms with Crippen LogP contribution in [0, 0.1) is 0 Å². The Morgan fingerprint density at radius 3 is 2.82 bits per heavy atom. The summed E-state index contributed by atoms with van der Waals surface area (Å²) in [5.41, 5.74) is 0. The van der Waals surface area contributed by atoms with E-state index in [1.54, 1.807) is 9.80 Å². The Labute approximate surface area is 108 Å². The predicted octanol–water partition coefficient (Wildman–Crippen LogP) is 1.21. The van der Waals surface area contributed by atoms with Crippen molar-refractivity contribution in [1.82, 2.24) is 9.80 Å². The third-order valence-electron chi connectivity index (χ3n) is 3.06. The first-order valence-electron chi connectivity index (χ1n) is 6.16. The molecule has 0 radical (unpaired) electrons. The van der Waals surface area contributed by atoms with Crippen molar-refractivity contribution in [3.63, 3.8) is 0 Å². The Balaban J connectivity index is 2.26. The molecule has 0 saturated carbocycles. The minimum Gasteiger partial charge on any atom is -0.345 e. The molecule has 5 heteroatoms. The molecular weight excluding hydrogens is 236 g/mol. The van der Waals surface area contributed by atoms with Gasteiger partial charge in [0.05, 0.1) is 11.0 Å². The smallest absolute Gasteiger partial charge is 0.235 e. The highest BCUT2D eigenvalue weighted by Crippen LogP contribution is 2.23. The van der Waals surface area contributed by atoms with Gasteiger partial charge in [-0.2, -0.15) is 0 Å². The summed E-state index contributed by atoms with van der Waals surface area (Å²) in [6, 6.07) is 0. The van der Waals surface area contributed by atoms with Crippen LogP contribution in [0.5, 0.6) is 0 Å². The first-order chi connectivity index (χ1) is 8.06. The molecule has 0 N–H and O–H groups in total. The molecule has 1 saturated heterocycles. The quantitative estimate of drug-likeness (QED) is 0.719. The molecule has 2 amide bonds. The second kappa shape index (κ2) is 6.89. The van der Waals surface area contributed by atoms with E-state index in [-0.39, 0.29) is 17.1 Å². The van der Waals surface area contributed by atoms with Crippen LogP contribution in [-0.2, 0) is 9.59 Å². The van der Waals surface area contributed by atoms with Gasteiger partial charge in [-0.05, 0) is 12.8 Å². The molecule has 0 aromatic heterocycles. The lowest BCUT2D eigenvalue weighted by molar-refractivity contribution is -0.127. The molecule has 1 aliphatic rings. The minimum absolute atomic E-state index is 0.0106. The topological polar surface area (TPSA) is 40.6 Å². The summed E-state index contributed by atoms with van der Waals surface area (Å²) in [5.74, 6) is 0.717. The zero-order valence-electron chi connectivity index (χ0n) is 10.9. The highest BCUT2D eigenvalue weighted by atomic mass is 32.2. The molecule has 0 aromatic rings. The van der Waals surface area contributed by atoms with Crippen LogP contribution in [0.15, 0.2) is 0 Å². The van der Waals surface area contributed by atoms with Crippen molar-refractivity contribution in [2.24, 2.45) is 0 Å².